The van der Waals surface area contributed by atoms with E-state index < -0.39 is 0 Å². The summed E-state index contributed by atoms with van der Waals surface area (Å²) in [4.78, 5) is 10.0. The molecule has 4 nitrogen and oxygen atoms in total. The predicted octanol–water partition coefficient (Wildman–Crippen LogP) is 1.35. The molecule has 1 aromatic heterocycles. The SMILES string of the molecule is CC1COc2c(Cl)ncnc2N1C. The van der Waals surface area contributed by atoms with Crippen LogP contribution < -0.4 is 9.64 Å². The first-order chi connectivity index (χ1) is 6.20. The van der Waals surface area contributed by atoms with E-state index in [0.717, 1.165) is 5.82 Å². The fourth-order valence-corrected chi connectivity index (χ4v) is 1.43. The van der Waals surface area contributed by atoms with Crippen LogP contribution in [0.3, 0.4) is 0 Å². The Bertz CT molecular complexity index is 331. The average molecular weight is 200 g/mol. The van der Waals surface area contributed by atoms with Gasteiger partial charge in [0.1, 0.15) is 12.9 Å². The van der Waals surface area contributed by atoms with Crippen LogP contribution in [0.25, 0.3) is 0 Å². The van der Waals surface area contributed by atoms with Crippen molar-refractivity contribution in [3.8, 4) is 5.75 Å². The Balaban J connectivity index is 2.49. The van der Waals surface area contributed by atoms with Gasteiger partial charge in [-0.3, -0.25) is 0 Å². The summed E-state index contributed by atoms with van der Waals surface area (Å²) in [6.07, 6.45) is 1.44. The van der Waals surface area contributed by atoms with Crippen molar-refractivity contribution in [2.45, 2.75) is 13.0 Å². The van der Waals surface area contributed by atoms with Gasteiger partial charge < -0.3 is 9.64 Å². The molecule has 2 heterocycles. The van der Waals surface area contributed by atoms with Crippen LogP contribution in [0.2, 0.25) is 5.15 Å². The second-order valence-corrected chi connectivity index (χ2v) is 3.45. The molecule has 2 rings (SSSR count). The Hall–Kier alpha value is -1.03. The quantitative estimate of drug-likeness (QED) is 0.592. The van der Waals surface area contributed by atoms with Crippen LogP contribution in [0, 0.1) is 0 Å². The Morgan fingerprint density at radius 2 is 2.38 bits per heavy atom. The highest BCUT2D eigenvalue weighted by molar-refractivity contribution is 6.31. The minimum Gasteiger partial charge on any atom is -0.485 e. The minimum atomic E-state index is 0.318. The topological polar surface area (TPSA) is 38.3 Å². The van der Waals surface area contributed by atoms with Gasteiger partial charge in [0.2, 0.25) is 0 Å². The van der Waals surface area contributed by atoms with E-state index in [0.29, 0.717) is 23.6 Å². The largest absolute Gasteiger partial charge is 0.485 e. The highest BCUT2D eigenvalue weighted by atomic mass is 35.5. The Morgan fingerprint density at radius 1 is 1.62 bits per heavy atom. The first kappa shape index (κ1) is 8.56. The van der Waals surface area contributed by atoms with E-state index in [4.69, 9.17) is 16.3 Å². The lowest BCUT2D eigenvalue weighted by molar-refractivity contribution is 0.271. The van der Waals surface area contributed by atoms with Gasteiger partial charge in [-0.1, -0.05) is 11.6 Å². The smallest absolute Gasteiger partial charge is 0.199 e. The zero-order valence-corrected chi connectivity index (χ0v) is 8.25. The van der Waals surface area contributed by atoms with Crippen molar-refractivity contribution >= 4 is 17.4 Å². The van der Waals surface area contributed by atoms with Gasteiger partial charge in [0.25, 0.3) is 0 Å². The van der Waals surface area contributed by atoms with Crippen LogP contribution in [-0.2, 0) is 0 Å². The molecular weight excluding hydrogens is 190 g/mol. The second-order valence-electron chi connectivity index (χ2n) is 3.09. The Labute approximate surface area is 81.5 Å². The summed E-state index contributed by atoms with van der Waals surface area (Å²) in [6, 6.07) is 0.318. The maximum atomic E-state index is 5.85. The number of nitrogens with zero attached hydrogens (tertiary/aromatic N) is 3. The van der Waals surface area contributed by atoms with Crippen LogP contribution in [0.15, 0.2) is 6.33 Å². The number of rotatable bonds is 0. The van der Waals surface area contributed by atoms with Crippen LogP contribution in [0.4, 0.5) is 5.82 Å². The molecule has 1 aliphatic heterocycles. The van der Waals surface area contributed by atoms with E-state index in [2.05, 4.69) is 16.9 Å². The highest BCUT2D eigenvalue weighted by Gasteiger charge is 2.24. The van der Waals surface area contributed by atoms with E-state index in [1.165, 1.54) is 6.33 Å². The molecule has 0 spiro atoms. The molecule has 0 saturated carbocycles. The molecule has 0 saturated heterocycles. The van der Waals surface area contributed by atoms with Crippen molar-refractivity contribution in [3.63, 3.8) is 0 Å². The summed E-state index contributed by atoms with van der Waals surface area (Å²) in [5.41, 5.74) is 0. The zero-order valence-electron chi connectivity index (χ0n) is 7.49. The van der Waals surface area contributed by atoms with Crippen molar-refractivity contribution in [2.75, 3.05) is 18.6 Å². The number of likely N-dealkylation sites (N-methyl/N-ethyl adjacent to an activating group) is 1. The fraction of sp³-hybridized carbons (Fsp3) is 0.500. The molecule has 0 aliphatic carbocycles. The third-order valence-corrected chi connectivity index (χ3v) is 2.47. The lowest BCUT2D eigenvalue weighted by atomic mass is 10.2. The van der Waals surface area contributed by atoms with Gasteiger partial charge in [-0.15, -0.1) is 0 Å². The maximum Gasteiger partial charge on any atom is 0.199 e. The third kappa shape index (κ3) is 1.31. The molecule has 0 aromatic carbocycles. The molecule has 1 aromatic rings. The van der Waals surface area contributed by atoms with Gasteiger partial charge in [0.15, 0.2) is 16.7 Å². The first-order valence-electron chi connectivity index (χ1n) is 4.06. The number of hydrogen-bond acceptors (Lipinski definition) is 4. The third-order valence-electron chi connectivity index (χ3n) is 2.21. The highest BCUT2D eigenvalue weighted by Crippen LogP contribution is 2.34. The number of aromatic nitrogens is 2. The molecule has 13 heavy (non-hydrogen) atoms. The van der Waals surface area contributed by atoms with Crippen LogP contribution in [0.5, 0.6) is 5.75 Å². The monoisotopic (exact) mass is 199 g/mol. The summed E-state index contributed by atoms with van der Waals surface area (Å²) in [7, 11) is 1.97. The lowest BCUT2D eigenvalue weighted by Crippen LogP contribution is -2.38. The van der Waals surface area contributed by atoms with Gasteiger partial charge in [-0.05, 0) is 6.92 Å². The van der Waals surface area contributed by atoms with Gasteiger partial charge >= 0.3 is 0 Å². The van der Waals surface area contributed by atoms with Crippen molar-refractivity contribution in [3.05, 3.63) is 11.5 Å². The molecule has 0 N–H and O–H groups in total. The maximum absolute atomic E-state index is 5.85. The average Bonchev–Trinajstić information content (AvgIpc) is 2.12. The fourth-order valence-electron chi connectivity index (χ4n) is 1.24. The van der Waals surface area contributed by atoms with Gasteiger partial charge in [0, 0.05) is 7.05 Å². The van der Waals surface area contributed by atoms with E-state index >= 15 is 0 Å². The van der Waals surface area contributed by atoms with Crippen molar-refractivity contribution in [1.29, 1.82) is 0 Å². The molecule has 0 radical (unpaired) electrons. The number of anilines is 1. The molecule has 70 valence electrons. The summed E-state index contributed by atoms with van der Waals surface area (Å²) >= 11 is 5.85. The second kappa shape index (κ2) is 3.03. The number of fused-ring (bicyclic) bond motifs is 1. The summed E-state index contributed by atoms with van der Waals surface area (Å²) in [5.74, 6) is 1.35. The molecular formula is C8H10ClN3O. The molecule has 0 bridgehead atoms. The molecule has 0 fully saturated rings. The minimum absolute atomic E-state index is 0.318. The number of halogens is 1. The molecule has 0 amide bonds. The van der Waals surface area contributed by atoms with Gasteiger partial charge in [0.05, 0.1) is 6.04 Å². The van der Waals surface area contributed by atoms with Gasteiger partial charge in [-0.2, -0.15) is 0 Å². The lowest BCUT2D eigenvalue weighted by Gasteiger charge is -2.32. The normalized spacial score (nSPS) is 20.8. The summed E-state index contributed by atoms with van der Waals surface area (Å²) in [6.45, 7) is 2.69. The Morgan fingerprint density at radius 3 is 3.15 bits per heavy atom. The number of ether oxygens (including phenoxy) is 1. The van der Waals surface area contributed by atoms with Crippen LogP contribution in [0.1, 0.15) is 6.92 Å². The van der Waals surface area contributed by atoms with E-state index in [9.17, 15) is 0 Å². The molecule has 5 heteroatoms. The molecule has 1 aliphatic rings. The van der Waals surface area contributed by atoms with Crippen LogP contribution >= 0.6 is 11.6 Å². The molecule has 1 atom stereocenters. The van der Waals surface area contributed by atoms with E-state index in [-0.39, 0.29) is 0 Å². The Kier molecular flexibility index (Phi) is 2.00. The summed E-state index contributed by atoms with van der Waals surface area (Å²) < 4.78 is 5.44. The van der Waals surface area contributed by atoms with Crippen molar-refractivity contribution in [2.24, 2.45) is 0 Å². The van der Waals surface area contributed by atoms with Crippen LogP contribution in [-0.4, -0.2) is 29.7 Å². The zero-order chi connectivity index (χ0) is 9.42. The number of hydrogen-bond donors (Lipinski definition) is 0. The van der Waals surface area contributed by atoms with Gasteiger partial charge in [-0.25, -0.2) is 9.97 Å². The predicted molar refractivity (Wildman–Crippen MR) is 50.4 cm³/mol. The standard InChI is InChI=1S/C8H10ClN3O/c1-5-3-13-6-7(9)10-4-11-8(6)12(5)2/h4-5H,3H2,1-2H3. The first-order valence-corrected chi connectivity index (χ1v) is 4.44. The van der Waals surface area contributed by atoms with E-state index in [1.54, 1.807) is 0 Å². The van der Waals surface area contributed by atoms with Crippen molar-refractivity contribution < 1.29 is 4.74 Å². The molecule has 1 unspecified atom stereocenters. The van der Waals surface area contributed by atoms with Crippen molar-refractivity contribution in [1.82, 2.24) is 9.97 Å². The summed E-state index contributed by atoms with van der Waals surface area (Å²) in [5, 5.41) is 0.378. The van der Waals surface area contributed by atoms with E-state index in [1.807, 2.05) is 11.9 Å².